The molecule has 1 nitrogen and oxygen atoms in total. The van der Waals surface area contributed by atoms with Crippen molar-refractivity contribution in [2.45, 2.75) is 32.1 Å². The summed E-state index contributed by atoms with van der Waals surface area (Å²) in [5.41, 5.74) is 1.97. The lowest BCUT2D eigenvalue weighted by atomic mass is 9.91. The number of halogens is 1. The van der Waals surface area contributed by atoms with Crippen molar-refractivity contribution in [2.75, 3.05) is 13.1 Å². The fourth-order valence-electron chi connectivity index (χ4n) is 2.24. The minimum Gasteiger partial charge on any atom is -0.316 e. The monoisotopic (exact) mass is 207 g/mol. The molecule has 1 heterocycles. The van der Waals surface area contributed by atoms with Crippen LogP contribution in [0.5, 0.6) is 0 Å². The van der Waals surface area contributed by atoms with Gasteiger partial charge in [-0.25, -0.2) is 4.39 Å². The minimum atomic E-state index is -0.0411. The molecule has 1 atom stereocenters. The summed E-state index contributed by atoms with van der Waals surface area (Å²) in [6.45, 7) is 4.08. The molecule has 15 heavy (non-hydrogen) atoms. The molecule has 1 unspecified atom stereocenters. The molecule has 82 valence electrons. The lowest BCUT2D eigenvalue weighted by Crippen LogP contribution is -2.28. The van der Waals surface area contributed by atoms with Gasteiger partial charge >= 0.3 is 0 Å². The van der Waals surface area contributed by atoms with Gasteiger partial charge in [-0.3, -0.25) is 0 Å². The number of aryl methyl sites for hydroxylation is 1. The van der Waals surface area contributed by atoms with E-state index < -0.39 is 0 Å². The van der Waals surface area contributed by atoms with Gasteiger partial charge in [-0.15, -0.1) is 0 Å². The van der Waals surface area contributed by atoms with Crippen molar-refractivity contribution in [2.24, 2.45) is 0 Å². The molecule has 2 rings (SSSR count). The molecular weight excluding hydrogens is 189 g/mol. The Morgan fingerprint density at radius 2 is 2.33 bits per heavy atom. The lowest BCUT2D eigenvalue weighted by molar-refractivity contribution is 0.459. The molecule has 1 aliphatic heterocycles. The van der Waals surface area contributed by atoms with Crippen LogP contribution in [0.25, 0.3) is 0 Å². The van der Waals surface area contributed by atoms with Crippen LogP contribution in [0.15, 0.2) is 18.2 Å². The Labute approximate surface area is 90.7 Å². The van der Waals surface area contributed by atoms with Gasteiger partial charge < -0.3 is 5.32 Å². The summed E-state index contributed by atoms with van der Waals surface area (Å²) in [5, 5.41) is 3.36. The van der Waals surface area contributed by atoms with E-state index in [0.717, 1.165) is 30.6 Å². The van der Waals surface area contributed by atoms with Crippen LogP contribution in [0.3, 0.4) is 0 Å². The zero-order valence-corrected chi connectivity index (χ0v) is 9.22. The fraction of sp³-hybridized carbons (Fsp3) is 0.538. The van der Waals surface area contributed by atoms with Crippen molar-refractivity contribution in [3.8, 4) is 0 Å². The van der Waals surface area contributed by atoms with Gasteiger partial charge in [0.15, 0.2) is 0 Å². The highest BCUT2D eigenvalue weighted by atomic mass is 19.1. The first-order valence-electron chi connectivity index (χ1n) is 5.80. The number of nitrogens with one attached hydrogen (secondary N) is 1. The number of piperidine rings is 1. The van der Waals surface area contributed by atoms with Crippen LogP contribution in [0, 0.1) is 5.82 Å². The van der Waals surface area contributed by atoms with Crippen LogP contribution < -0.4 is 5.32 Å². The first-order valence-corrected chi connectivity index (χ1v) is 5.80. The van der Waals surface area contributed by atoms with Gasteiger partial charge in [-0.1, -0.05) is 19.1 Å². The summed E-state index contributed by atoms with van der Waals surface area (Å²) in [5.74, 6) is 0.458. The highest BCUT2D eigenvalue weighted by Crippen LogP contribution is 2.24. The predicted molar refractivity (Wildman–Crippen MR) is 60.6 cm³/mol. The number of hydrogen-bond acceptors (Lipinski definition) is 1. The molecule has 0 saturated carbocycles. The van der Waals surface area contributed by atoms with Crippen LogP contribution in [0.1, 0.15) is 36.8 Å². The molecule has 1 N–H and O–H groups in total. The van der Waals surface area contributed by atoms with E-state index in [4.69, 9.17) is 0 Å². The molecule has 0 amide bonds. The van der Waals surface area contributed by atoms with E-state index in [2.05, 4.69) is 11.4 Å². The second kappa shape index (κ2) is 4.75. The van der Waals surface area contributed by atoms with Crippen molar-refractivity contribution >= 4 is 0 Å². The summed E-state index contributed by atoms with van der Waals surface area (Å²) >= 11 is 0. The van der Waals surface area contributed by atoms with E-state index in [9.17, 15) is 4.39 Å². The van der Waals surface area contributed by atoms with Gasteiger partial charge in [0.2, 0.25) is 0 Å². The molecule has 1 aliphatic rings. The van der Waals surface area contributed by atoms with Crippen LogP contribution in [-0.4, -0.2) is 13.1 Å². The summed E-state index contributed by atoms with van der Waals surface area (Å²) in [7, 11) is 0. The van der Waals surface area contributed by atoms with Crippen LogP contribution in [0.4, 0.5) is 4.39 Å². The lowest BCUT2D eigenvalue weighted by Gasteiger charge is -2.23. The SMILES string of the molecule is CCc1ccc(C2CCCNC2)cc1F. The van der Waals surface area contributed by atoms with Gasteiger partial charge in [0.1, 0.15) is 5.82 Å². The van der Waals surface area contributed by atoms with Crippen LogP contribution in [0.2, 0.25) is 0 Å². The van der Waals surface area contributed by atoms with E-state index in [1.54, 1.807) is 6.07 Å². The number of benzene rings is 1. The first kappa shape index (κ1) is 10.6. The second-order valence-electron chi connectivity index (χ2n) is 4.25. The number of hydrogen-bond donors (Lipinski definition) is 1. The molecule has 2 heteroatoms. The van der Waals surface area contributed by atoms with Gasteiger partial charge in [0.05, 0.1) is 0 Å². The third-order valence-corrected chi connectivity index (χ3v) is 3.23. The maximum Gasteiger partial charge on any atom is 0.126 e. The molecule has 1 aromatic carbocycles. The van der Waals surface area contributed by atoms with Gasteiger partial charge in [0.25, 0.3) is 0 Å². The third-order valence-electron chi connectivity index (χ3n) is 3.23. The molecule has 0 aromatic heterocycles. The summed E-state index contributed by atoms with van der Waals surface area (Å²) in [6.07, 6.45) is 3.15. The van der Waals surface area contributed by atoms with E-state index >= 15 is 0 Å². The van der Waals surface area contributed by atoms with Crippen molar-refractivity contribution in [3.63, 3.8) is 0 Å². The van der Waals surface area contributed by atoms with E-state index in [1.165, 1.54) is 12.8 Å². The summed E-state index contributed by atoms with van der Waals surface area (Å²) in [6, 6.07) is 5.73. The standard InChI is InChI=1S/C13H18FN/c1-2-10-5-6-11(8-13(10)14)12-4-3-7-15-9-12/h5-6,8,12,15H,2-4,7,9H2,1H3. The van der Waals surface area contributed by atoms with E-state index in [1.807, 2.05) is 13.0 Å². The second-order valence-corrected chi connectivity index (χ2v) is 4.25. The molecule has 1 fully saturated rings. The molecule has 0 bridgehead atoms. The quantitative estimate of drug-likeness (QED) is 0.786. The third kappa shape index (κ3) is 2.37. The Morgan fingerprint density at radius 3 is 2.93 bits per heavy atom. The Bertz CT molecular complexity index is 329. The molecule has 0 radical (unpaired) electrons. The number of rotatable bonds is 2. The maximum atomic E-state index is 13.6. The largest absolute Gasteiger partial charge is 0.316 e. The van der Waals surface area contributed by atoms with Crippen molar-refractivity contribution < 1.29 is 4.39 Å². The average Bonchev–Trinajstić information content (AvgIpc) is 2.30. The molecular formula is C13H18FN. The smallest absolute Gasteiger partial charge is 0.126 e. The van der Waals surface area contributed by atoms with E-state index in [-0.39, 0.29) is 5.82 Å². The first-order chi connectivity index (χ1) is 7.31. The zero-order valence-electron chi connectivity index (χ0n) is 9.22. The Balaban J connectivity index is 2.17. The average molecular weight is 207 g/mol. The van der Waals surface area contributed by atoms with Crippen molar-refractivity contribution in [1.82, 2.24) is 5.32 Å². The molecule has 1 saturated heterocycles. The normalized spacial score (nSPS) is 21.6. The molecule has 0 aliphatic carbocycles. The topological polar surface area (TPSA) is 12.0 Å². The molecule has 0 spiro atoms. The van der Waals surface area contributed by atoms with Crippen molar-refractivity contribution in [1.29, 1.82) is 0 Å². The van der Waals surface area contributed by atoms with Gasteiger partial charge in [-0.2, -0.15) is 0 Å². The van der Waals surface area contributed by atoms with Gasteiger partial charge in [-0.05, 0) is 48.9 Å². The van der Waals surface area contributed by atoms with E-state index in [0.29, 0.717) is 5.92 Å². The highest BCUT2D eigenvalue weighted by molar-refractivity contribution is 5.27. The Hall–Kier alpha value is -0.890. The zero-order chi connectivity index (χ0) is 10.7. The van der Waals surface area contributed by atoms with Gasteiger partial charge in [0, 0.05) is 6.54 Å². The minimum absolute atomic E-state index is 0.0411. The van der Waals surface area contributed by atoms with Crippen molar-refractivity contribution in [3.05, 3.63) is 35.1 Å². The Morgan fingerprint density at radius 1 is 1.47 bits per heavy atom. The predicted octanol–water partition coefficient (Wildman–Crippen LogP) is 2.86. The fourth-order valence-corrected chi connectivity index (χ4v) is 2.24. The summed E-state index contributed by atoms with van der Waals surface area (Å²) in [4.78, 5) is 0. The maximum absolute atomic E-state index is 13.6. The van der Waals surface area contributed by atoms with Crippen LogP contribution >= 0.6 is 0 Å². The highest BCUT2D eigenvalue weighted by Gasteiger charge is 2.15. The van der Waals surface area contributed by atoms with Crippen LogP contribution in [-0.2, 0) is 6.42 Å². The summed E-state index contributed by atoms with van der Waals surface area (Å²) < 4.78 is 13.6. The Kier molecular flexibility index (Phi) is 3.37. The molecule has 1 aromatic rings.